The van der Waals surface area contributed by atoms with Crippen LogP contribution in [0.3, 0.4) is 0 Å². The van der Waals surface area contributed by atoms with E-state index in [4.69, 9.17) is 0 Å². The molecule has 0 spiro atoms. The van der Waals surface area contributed by atoms with Crippen molar-refractivity contribution >= 4 is 34.7 Å². The van der Waals surface area contributed by atoms with Crippen molar-refractivity contribution in [2.75, 3.05) is 38.8 Å². The van der Waals surface area contributed by atoms with Gasteiger partial charge in [-0.05, 0) is 63.5 Å². The minimum Gasteiger partial charge on any atom is -0.372 e. The van der Waals surface area contributed by atoms with Crippen molar-refractivity contribution in [1.29, 1.82) is 0 Å². The molecule has 0 aliphatic carbocycles. The molecule has 1 aliphatic heterocycles. The van der Waals surface area contributed by atoms with Crippen molar-refractivity contribution in [3.8, 4) is 0 Å². The Kier molecular flexibility index (Phi) is 5.85. The van der Waals surface area contributed by atoms with Crippen molar-refractivity contribution in [2.45, 2.75) is 13.8 Å². The Morgan fingerprint density at radius 1 is 1.09 bits per heavy atom. The third-order valence-corrected chi connectivity index (χ3v) is 4.52. The van der Waals surface area contributed by atoms with Gasteiger partial charge in [-0.2, -0.15) is 0 Å². The van der Waals surface area contributed by atoms with E-state index in [0.29, 0.717) is 11.6 Å². The van der Waals surface area contributed by atoms with Gasteiger partial charge in [-0.15, -0.1) is 0 Å². The molecule has 5 nitrogen and oxygen atoms in total. The third kappa shape index (κ3) is 4.14. The van der Waals surface area contributed by atoms with Gasteiger partial charge >= 0.3 is 0 Å². The van der Waals surface area contributed by atoms with E-state index in [-0.39, 0.29) is 11.1 Å². The molecule has 0 saturated carbocycles. The van der Waals surface area contributed by atoms with Gasteiger partial charge in [0.2, 0.25) is 0 Å². The van der Waals surface area contributed by atoms with Crippen molar-refractivity contribution in [2.24, 2.45) is 0 Å². The summed E-state index contributed by atoms with van der Waals surface area (Å²) in [4.78, 5) is 30.0. The van der Waals surface area contributed by atoms with Crippen LogP contribution in [0.1, 0.15) is 19.4 Å². The van der Waals surface area contributed by atoms with Crippen LogP contribution in [0.5, 0.6) is 0 Å². The van der Waals surface area contributed by atoms with E-state index in [1.807, 2.05) is 38.4 Å². The monoisotopic (exact) mass is 333 g/mol. The van der Waals surface area contributed by atoms with E-state index in [2.05, 4.69) is 18.7 Å². The standard InChI is InChI=1S/C17H23N3O2S/c1-5-19(6-2)14-9-7-13(8-10-14)11-15-16(21)20(12-18(3)4)17(22)23-15/h7-11H,5-6,12H2,1-4H3. The van der Waals surface area contributed by atoms with E-state index in [9.17, 15) is 9.59 Å². The molecule has 1 aromatic rings. The number of carbonyl (C=O) groups is 2. The van der Waals surface area contributed by atoms with E-state index < -0.39 is 0 Å². The normalized spacial score (nSPS) is 16.7. The van der Waals surface area contributed by atoms with Crippen LogP contribution < -0.4 is 4.90 Å². The largest absolute Gasteiger partial charge is 0.372 e. The average molecular weight is 333 g/mol. The molecule has 1 aliphatic rings. The van der Waals surface area contributed by atoms with Crippen LogP contribution in [0.2, 0.25) is 0 Å². The molecule has 0 N–H and O–H groups in total. The molecular weight excluding hydrogens is 310 g/mol. The van der Waals surface area contributed by atoms with Crippen LogP contribution in [0.4, 0.5) is 10.5 Å². The zero-order chi connectivity index (χ0) is 17.0. The zero-order valence-corrected chi connectivity index (χ0v) is 14.9. The summed E-state index contributed by atoms with van der Waals surface area (Å²) in [5.41, 5.74) is 2.09. The molecule has 0 unspecified atom stereocenters. The lowest BCUT2D eigenvalue weighted by Crippen LogP contribution is -2.36. The maximum Gasteiger partial charge on any atom is 0.294 e. The second-order valence-electron chi connectivity index (χ2n) is 5.59. The third-order valence-electron chi connectivity index (χ3n) is 3.62. The topological polar surface area (TPSA) is 43.9 Å². The fourth-order valence-corrected chi connectivity index (χ4v) is 3.26. The lowest BCUT2D eigenvalue weighted by atomic mass is 10.1. The van der Waals surface area contributed by atoms with E-state index in [1.54, 1.807) is 11.0 Å². The van der Waals surface area contributed by atoms with Crippen molar-refractivity contribution in [1.82, 2.24) is 9.80 Å². The SMILES string of the molecule is CCN(CC)c1ccc(C=C2SC(=O)N(CN(C)C)C2=O)cc1. The quantitative estimate of drug-likeness (QED) is 0.749. The smallest absolute Gasteiger partial charge is 0.294 e. The van der Waals surface area contributed by atoms with Gasteiger partial charge in [-0.1, -0.05) is 12.1 Å². The molecular formula is C17H23N3O2S. The molecule has 0 aromatic heterocycles. The Balaban J connectivity index is 2.16. The van der Waals surface area contributed by atoms with E-state index in [0.717, 1.165) is 36.1 Å². The Morgan fingerprint density at radius 2 is 1.70 bits per heavy atom. The van der Waals surface area contributed by atoms with Crippen LogP contribution in [0.15, 0.2) is 29.2 Å². The lowest BCUT2D eigenvalue weighted by Gasteiger charge is -2.20. The average Bonchev–Trinajstić information content (AvgIpc) is 2.77. The molecule has 1 aromatic carbocycles. The number of hydrogen-bond donors (Lipinski definition) is 0. The van der Waals surface area contributed by atoms with Gasteiger partial charge in [0, 0.05) is 18.8 Å². The van der Waals surface area contributed by atoms with Gasteiger partial charge in [0.1, 0.15) is 0 Å². The maximum absolute atomic E-state index is 12.3. The summed E-state index contributed by atoms with van der Waals surface area (Å²) >= 11 is 1.000. The summed E-state index contributed by atoms with van der Waals surface area (Å²) in [5, 5.41) is -0.213. The lowest BCUT2D eigenvalue weighted by molar-refractivity contribution is -0.123. The minimum absolute atomic E-state index is 0.213. The summed E-state index contributed by atoms with van der Waals surface area (Å²) in [7, 11) is 3.66. The molecule has 0 atom stereocenters. The molecule has 1 fully saturated rings. The number of amides is 2. The molecule has 0 bridgehead atoms. The molecule has 6 heteroatoms. The van der Waals surface area contributed by atoms with Crippen molar-refractivity contribution in [3.05, 3.63) is 34.7 Å². The summed E-state index contributed by atoms with van der Waals surface area (Å²) in [5.74, 6) is -0.221. The molecule has 124 valence electrons. The van der Waals surface area contributed by atoms with Crippen LogP contribution >= 0.6 is 11.8 Å². The maximum atomic E-state index is 12.3. The highest BCUT2D eigenvalue weighted by molar-refractivity contribution is 8.18. The Labute approximate surface area is 141 Å². The second kappa shape index (κ2) is 7.66. The molecule has 23 heavy (non-hydrogen) atoms. The fourth-order valence-electron chi connectivity index (χ4n) is 2.43. The first-order chi connectivity index (χ1) is 11.0. The Morgan fingerprint density at radius 3 is 2.22 bits per heavy atom. The highest BCUT2D eigenvalue weighted by Gasteiger charge is 2.35. The van der Waals surface area contributed by atoms with Crippen LogP contribution in [-0.2, 0) is 4.79 Å². The molecule has 1 heterocycles. The number of carbonyl (C=O) groups excluding carboxylic acids is 2. The van der Waals surface area contributed by atoms with Gasteiger partial charge in [-0.25, -0.2) is 0 Å². The summed E-state index contributed by atoms with van der Waals surface area (Å²) in [6.07, 6.45) is 1.78. The highest BCUT2D eigenvalue weighted by atomic mass is 32.2. The number of hydrogen-bond acceptors (Lipinski definition) is 5. The molecule has 2 amide bonds. The van der Waals surface area contributed by atoms with Crippen LogP contribution in [-0.4, -0.2) is 54.8 Å². The second-order valence-corrected chi connectivity index (χ2v) is 6.59. The summed E-state index contributed by atoms with van der Waals surface area (Å²) in [6.45, 7) is 6.47. The van der Waals surface area contributed by atoms with Gasteiger partial charge in [0.25, 0.3) is 11.1 Å². The number of rotatable bonds is 6. The number of nitrogens with zero attached hydrogens (tertiary/aromatic N) is 3. The fraction of sp³-hybridized carbons (Fsp3) is 0.412. The highest BCUT2D eigenvalue weighted by Crippen LogP contribution is 2.32. The van der Waals surface area contributed by atoms with Gasteiger partial charge in [0.15, 0.2) is 0 Å². The van der Waals surface area contributed by atoms with Gasteiger partial charge in [-0.3, -0.25) is 19.4 Å². The first-order valence-electron chi connectivity index (χ1n) is 7.71. The molecule has 0 radical (unpaired) electrons. The summed E-state index contributed by atoms with van der Waals surface area (Å²) < 4.78 is 0. The number of anilines is 1. The van der Waals surface area contributed by atoms with E-state index >= 15 is 0 Å². The summed E-state index contributed by atoms with van der Waals surface area (Å²) in [6, 6.07) is 8.05. The molecule has 1 saturated heterocycles. The number of imide groups is 1. The van der Waals surface area contributed by atoms with Crippen LogP contribution in [0, 0.1) is 0 Å². The minimum atomic E-state index is -0.221. The molecule has 2 rings (SSSR count). The Bertz CT molecular complexity index is 607. The predicted molar refractivity (Wildman–Crippen MR) is 96.4 cm³/mol. The first-order valence-corrected chi connectivity index (χ1v) is 8.53. The van der Waals surface area contributed by atoms with Gasteiger partial charge in [0.05, 0.1) is 11.6 Å². The number of thioether (sulfide) groups is 1. The van der Waals surface area contributed by atoms with Gasteiger partial charge < -0.3 is 4.90 Å². The van der Waals surface area contributed by atoms with Crippen molar-refractivity contribution in [3.63, 3.8) is 0 Å². The Hall–Kier alpha value is -1.79. The first kappa shape index (κ1) is 17.6. The van der Waals surface area contributed by atoms with Crippen LogP contribution in [0.25, 0.3) is 6.08 Å². The van der Waals surface area contributed by atoms with E-state index in [1.165, 1.54) is 4.90 Å². The van der Waals surface area contributed by atoms with Crippen molar-refractivity contribution < 1.29 is 9.59 Å². The predicted octanol–water partition coefficient (Wildman–Crippen LogP) is 3.09. The zero-order valence-electron chi connectivity index (χ0n) is 14.1. The number of benzene rings is 1.